The van der Waals surface area contributed by atoms with Crippen LogP contribution in [0, 0.1) is 5.82 Å². The molecule has 3 aliphatic heterocycles. The van der Waals surface area contributed by atoms with Gasteiger partial charge in [-0.2, -0.15) is 5.10 Å². The lowest BCUT2D eigenvalue weighted by atomic mass is 10.0. The molecule has 3 aromatic heterocycles. The van der Waals surface area contributed by atoms with Gasteiger partial charge in [-0.3, -0.25) is 9.63 Å². The lowest BCUT2D eigenvalue weighted by Gasteiger charge is -2.33. The third kappa shape index (κ3) is 3.08. The van der Waals surface area contributed by atoms with Gasteiger partial charge in [0.15, 0.2) is 11.5 Å². The van der Waals surface area contributed by atoms with E-state index < -0.39 is 5.82 Å². The molecule has 31 heavy (non-hydrogen) atoms. The third-order valence-corrected chi connectivity index (χ3v) is 5.94. The van der Waals surface area contributed by atoms with Gasteiger partial charge in [0.1, 0.15) is 17.5 Å². The highest BCUT2D eigenvalue weighted by Crippen LogP contribution is 2.38. The summed E-state index contributed by atoms with van der Waals surface area (Å²) < 4.78 is 22.0. The molecule has 0 aliphatic carbocycles. The monoisotopic (exact) mass is 425 g/mol. The second-order valence-corrected chi connectivity index (χ2v) is 7.85. The van der Waals surface area contributed by atoms with Gasteiger partial charge in [-0.05, 0) is 19.0 Å². The largest absolute Gasteiger partial charge is 0.471 e. The number of hydroxylamine groups is 1. The Kier molecular flexibility index (Phi) is 4.25. The number of anilines is 1. The summed E-state index contributed by atoms with van der Waals surface area (Å²) in [5, 5.41) is 12.2. The molecule has 0 saturated carbocycles. The van der Waals surface area contributed by atoms with Gasteiger partial charge in [-0.1, -0.05) is 0 Å². The number of rotatable bonds is 0. The van der Waals surface area contributed by atoms with Crippen molar-refractivity contribution in [3.63, 3.8) is 0 Å². The van der Waals surface area contributed by atoms with E-state index in [9.17, 15) is 9.18 Å². The first-order chi connectivity index (χ1) is 15.2. The van der Waals surface area contributed by atoms with Gasteiger partial charge in [-0.25, -0.2) is 23.9 Å². The van der Waals surface area contributed by atoms with Crippen LogP contribution in [-0.4, -0.2) is 57.3 Å². The Morgan fingerprint density at radius 2 is 2.19 bits per heavy atom. The van der Waals surface area contributed by atoms with Gasteiger partial charge in [0.05, 0.1) is 31.1 Å². The average Bonchev–Trinajstić information content (AvgIpc) is 3.42. The quantitative estimate of drug-likeness (QED) is 0.550. The van der Waals surface area contributed by atoms with E-state index in [-0.39, 0.29) is 24.1 Å². The Balaban J connectivity index is 1.54. The number of nitrogens with zero attached hydrogens (tertiary/aromatic N) is 5. The summed E-state index contributed by atoms with van der Waals surface area (Å²) in [7, 11) is 0. The van der Waals surface area contributed by atoms with Crippen LogP contribution in [0.2, 0.25) is 0 Å². The molecule has 2 fully saturated rings. The fourth-order valence-corrected chi connectivity index (χ4v) is 4.41. The molecule has 11 heteroatoms. The number of carbonyl (C=O) groups is 1. The number of hydrogen-bond donors (Lipinski definition) is 2. The molecule has 3 aromatic rings. The maximum absolute atomic E-state index is 14.2. The molecule has 0 aromatic carbocycles. The lowest BCUT2D eigenvalue weighted by molar-refractivity contribution is 0.0813. The van der Waals surface area contributed by atoms with Crippen LogP contribution < -0.4 is 20.4 Å². The minimum absolute atomic E-state index is 0.247. The fourth-order valence-electron chi connectivity index (χ4n) is 4.41. The summed E-state index contributed by atoms with van der Waals surface area (Å²) in [4.78, 5) is 27.8. The van der Waals surface area contributed by atoms with Gasteiger partial charge in [0.2, 0.25) is 5.88 Å². The van der Waals surface area contributed by atoms with Crippen molar-refractivity contribution in [2.45, 2.75) is 31.0 Å². The van der Waals surface area contributed by atoms with Crippen molar-refractivity contribution < 1.29 is 18.8 Å². The SMILES string of the molecule is O=C1N[C@@H]2CCNC[C@@H]2Oc2ncc(F)cc2[C@H]2CCON2c2ccn3ncc1c3n2. The Morgan fingerprint density at radius 3 is 3.13 bits per heavy atom. The number of carbonyl (C=O) groups excluding carboxylic acids is 1. The normalized spacial score (nSPS) is 25.5. The Bertz CT molecular complexity index is 1170. The Morgan fingerprint density at radius 1 is 1.26 bits per heavy atom. The number of piperidine rings is 1. The van der Waals surface area contributed by atoms with Gasteiger partial charge in [-0.15, -0.1) is 0 Å². The fraction of sp³-hybridized carbons (Fsp3) is 0.400. The van der Waals surface area contributed by atoms with Crippen molar-refractivity contribution in [2.75, 3.05) is 24.8 Å². The highest BCUT2D eigenvalue weighted by Gasteiger charge is 2.36. The van der Waals surface area contributed by atoms with Crippen LogP contribution in [0.25, 0.3) is 5.65 Å². The van der Waals surface area contributed by atoms with Crippen LogP contribution in [0.3, 0.4) is 0 Å². The topological polar surface area (TPSA) is 106 Å². The van der Waals surface area contributed by atoms with Crippen LogP contribution in [0.1, 0.15) is 34.8 Å². The summed E-state index contributed by atoms with van der Waals surface area (Å²) in [5.41, 5.74) is 1.38. The molecule has 0 unspecified atom stereocenters. The predicted molar refractivity (Wildman–Crippen MR) is 106 cm³/mol. The minimum atomic E-state index is -0.452. The molecule has 2 saturated heterocycles. The Hall–Kier alpha value is -3.31. The van der Waals surface area contributed by atoms with Crippen LogP contribution >= 0.6 is 0 Å². The van der Waals surface area contributed by atoms with E-state index in [0.29, 0.717) is 54.5 Å². The first kappa shape index (κ1) is 18.5. The van der Waals surface area contributed by atoms with Gasteiger partial charge >= 0.3 is 0 Å². The van der Waals surface area contributed by atoms with Gasteiger partial charge in [0.25, 0.3) is 5.91 Å². The van der Waals surface area contributed by atoms with Crippen molar-refractivity contribution in [3.8, 4) is 5.88 Å². The standard InChI is InChI=1S/C20H20FN7O3/c21-11-7-12-15-3-6-30-28(15)17-2-5-27-18(26-17)13(9-24-27)19(29)25-14-1-4-22-10-16(14)31-20(12)23-8-11/h2,5,7-9,14-16,22H,1,3-4,6,10H2,(H,25,29)/t14-,15-,16+/m1/s1. The highest BCUT2D eigenvalue weighted by molar-refractivity contribution is 6.00. The van der Waals surface area contributed by atoms with Crippen molar-refractivity contribution in [1.82, 2.24) is 30.2 Å². The van der Waals surface area contributed by atoms with Crippen LogP contribution in [0.15, 0.2) is 30.7 Å². The third-order valence-electron chi connectivity index (χ3n) is 5.94. The van der Waals surface area contributed by atoms with E-state index in [0.717, 1.165) is 12.7 Å². The molecular weight excluding hydrogens is 405 g/mol. The molecule has 0 spiro atoms. The summed E-state index contributed by atoms with van der Waals surface area (Å²) in [6, 6.07) is 2.60. The van der Waals surface area contributed by atoms with Crippen LogP contribution in [0.4, 0.5) is 10.2 Å². The molecule has 6 rings (SSSR count). The van der Waals surface area contributed by atoms with Crippen LogP contribution in [0.5, 0.6) is 5.88 Å². The Labute approximate surface area is 176 Å². The first-order valence-electron chi connectivity index (χ1n) is 10.3. The maximum atomic E-state index is 14.2. The maximum Gasteiger partial charge on any atom is 0.257 e. The van der Waals surface area contributed by atoms with Crippen LogP contribution in [-0.2, 0) is 4.84 Å². The molecule has 160 valence electrons. The molecule has 2 N–H and O–H groups in total. The van der Waals surface area contributed by atoms with E-state index in [2.05, 4.69) is 25.7 Å². The van der Waals surface area contributed by atoms with Gasteiger partial charge < -0.3 is 15.4 Å². The molecule has 0 radical (unpaired) electrons. The zero-order chi connectivity index (χ0) is 20.9. The summed E-state index contributed by atoms with van der Waals surface area (Å²) in [6.07, 6.45) is 5.30. The zero-order valence-electron chi connectivity index (χ0n) is 16.5. The molecule has 10 nitrogen and oxygen atoms in total. The number of halogens is 1. The first-order valence-corrected chi connectivity index (χ1v) is 10.3. The highest BCUT2D eigenvalue weighted by atomic mass is 19.1. The average molecular weight is 425 g/mol. The lowest BCUT2D eigenvalue weighted by Crippen LogP contribution is -2.55. The van der Waals surface area contributed by atoms with E-state index in [1.54, 1.807) is 21.8 Å². The number of pyridine rings is 1. The molecule has 3 aliphatic rings. The molecule has 6 heterocycles. The summed E-state index contributed by atoms with van der Waals surface area (Å²) >= 11 is 0. The van der Waals surface area contributed by atoms with Gasteiger partial charge in [0, 0.05) is 30.8 Å². The number of ether oxygens (including phenoxy) is 1. The second kappa shape index (κ2) is 7.13. The van der Waals surface area contributed by atoms with Crippen molar-refractivity contribution >= 4 is 17.4 Å². The van der Waals surface area contributed by atoms with E-state index >= 15 is 0 Å². The molecule has 3 atom stereocenters. The predicted octanol–water partition coefficient (Wildman–Crippen LogP) is 0.999. The number of nitrogens with one attached hydrogen (secondary N) is 2. The molecule has 2 bridgehead atoms. The number of amides is 1. The number of hydrogen-bond acceptors (Lipinski definition) is 8. The number of fused-ring (bicyclic) bond motifs is 6. The van der Waals surface area contributed by atoms with Crippen molar-refractivity contribution in [3.05, 3.63) is 47.7 Å². The molecular formula is C20H20FN7O3. The summed E-state index contributed by atoms with van der Waals surface area (Å²) in [6.45, 7) is 1.72. The van der Waals surface area contributed by atoms with E-state index in [1.807, 2.05) is 0 Å². The minimum Gasteiger partial charge on any atom is -0.471 e. The molecule has 1 amide bonds. The zero-order valence-corrected chi connectivity index (χ0v) is 16.5. The second-order valence-electron chi connectivity index (χ2n) is 7.85. The van der Waals surface area contributed by atoms with Crippen molar-refractivity contribution in [2.24, 2.45) is 0 Å². The number of aromatic nitrogens is 4. The van der Waals surface area contributed by atoms with E-state index in [4.69, 9.17) is 9.57 Å². The van der Waals surface area contributed by atoms with Crippen molar-refractivity contribution in [1.29, 1.82) is 0 Å². The summed E-state index contributed by atoms with van der Waals surface area (Å²) in [5.74, 6) is 0.105. The smallest absolute Gasteiger partial charge is 0.257 e. The van der Waals surface area contributed by atoms with E-state index in [1.165, 1.54) is 12.3 Å².